The summed E-state index contributed by atoms with van der Waals surface area (Å²) >= 11 is 6.64. The molecule has 0 amide bonds. The molecule has 1 aromatic heterocycles. The molecule has 0 aliphatic heterocycles. The highest BCUT2D eigenvalue weighted by Gasteiger charge is 2.22. The fourth-order valence-corrected chi connectivity index (χ4v) is 2.43. The Bertz CT molecular complexity index is 668. The number of esters is 1. The Balaban J connectivity index is 2.54. The van der Waals surface area contributed by atoms with Gasteiger partial charge >= 0.3 is 5.97 Å². The molecular weight excluding hydrogens is 290 g/mol. The molecule has 3 nitrogen and oxygen atoms in total. The Kier molecular flexibility index (Phi) is 4.98. The Hall–Kier alpha value is -1.59. The highest BCUT2D eigenvalue weighted by atomic mass is 32.2. The van der Waals surface area contributed by atoms with Gasteiger partial charge in [-0.05, 0) is 24.6 Å². The first-order valence-electron chi connectivity index (χ1n) is 6.20. The molecule has 0 saturated heterocycles. The van der Waals surface area contributed by atoms with Crippen molar-refractivity contribution in [1.82, 2.24) is 0 Å². The van der Waals surface area contributed by atoms with Crippen LogP contribution < -0.4 is 4.57 Å². The van der Waals surface area contributed by atoms with Crippen molar-refractivity contribution in [3.8, 4) is 0 Å². The second-order valence-corrected chi connectivity index (χ2v) is 5.52. The number of benzene rings is 1. The van der Waals surface area contributed by atoms with Crippen LogP contribution in [0.15, 0.2) is 47.0 Å². The molecule has 5 heteroatoms. The summed E-state index contributed by atoms with van der Waals surface area (Å²) in [7, 11) is 0. The number of ether oxygens (including phenoxy) is 1. The molecule has 2 aromatic rings. The minimum atomic E-state index is -0.396. The van der Waals surface area contributed by atoms with E-state index in [4.69, 9.17) is 17.4 Å². The van der Waals surface area contributed by atoms with Gasteiger partial charge in [0.05, 0.1) is 6.61 Å². The monoisotopic (exact) mass is 305 g/mol. The lowest BCUT2D eigenvalue weighted by Gasteiger charge is -2.11. The number of hydrogen-bond acceptors (Lipinski definition) is 4. The number of nitrogens with zero attached hydrogens (tertiary/aromatic N) is 1. The normalized spacial score (nSPS) is 12.1. The number of rotatable bonds is 4. The number of hydrogen-bond donors (Lipinski definition) is 0. The lowest BCUT2D eigenvalue weighted by atomic mass is 10.2. The van der Waals surface area contributed by atoms with Gasteiger partial charge in [0, 0.05) is 11.5 Å². The summed E-state index contributed by atoms with van der Waals surface area (Å²) in [6.45, 7) is 2.11. The molecule has 0 fully saturated rings. The fraction of sp³-hybridized carbons (Fsp3) is 0.200. The minimum absolute atomic E-state index is 0.327. The van der Waals surface area contributed by atoms with Gasteiger partial charge in [0.2, 0.25) is 0 Å². The summed E-state index contributed by atoms with van der Waals surface area (Å²) in [4.78, 5) is 12.1. The number of carbonyl (C=O) groups is 1. The van der Waals surface area contributed by atoms with Crippen LogP contribution in [-0.4, -0.2) is 18.8 Å². The van der Waals surface area contributed by atoms with E-state index in [1.807, 2.05) is 49.0 Å². The van der Waals surface area contributed by atoms with Crippen LogP contribution in [0, 0.1) is 0 Å². The molecule has 1 aromatic carbocycles. The summed E-state index contributed by atoms with van der Waals surface area (Å²) in [5, 5.41) is 2.16. The van der Waals surface area contributed by atoms with E-state index in [9.17, 15) is 4.79 Å². The van der Waals surface area contributed by atoms with E-state index in [0.29, 0.717) is 16.5 Å². The van der Waals surface area contributed by atoms with Crippen LogP contribution in [0.2, 0.25) is 0 Å². The van der Waals surface area contributed by atoms with Crippen LogP contribution in [0.25, 0.3) is 16.5 Å². The van der Waals surface area contributed by atoms with Crippen molar-refractivity contribution in [2.24, 2.45) is 0 Å². The summed E-state index contributed by atoms with van der Waals surface area (Å²) < 4.78 is 7.35. The third kappa shape index (κ3) is 3.11. The Labute approximate surface area is 128 Å². The molecule has 2 rings (SSSR count). The average molecular weight is 305 g/mol. The van der Waals surface area contributed by atoms with Crippen LogP contribution in [0.3, 0.4) is 0 Å². The zero-order valence-corrected chi connectivity index (χ0v) is 13.0. The first-order chi connectivity index (χ1) is 9.67. The molecule has 0 saturated carbocycles. The number of aromatic nitrogens is 1. The van der Waals surface area contributed by atoms with Crippen molar-refractivity contribution in [1.29, 1.82) is 0 Å². The first kappa shape index (κ1) is 14.8. The highest BCUT2D eigenvalue weighted by molar-refractivity contribution is 8.10. The second kappa shape index (κ2) is 6.72. The van der Waals surface area contributed by atoms with E-state index in [1.165, 1.54) is 11.8 Å². The molecule has 104 valence electrons. The summed E-state index contributed by atoms with van der Waals surface area (Å²) in [5.74, 6) is -0.396. The van der Waals surface area contributed by atoms with Gasteiger partial charge in [0.15, 0.2) is 12.4 Å². The fourth-order valence-electron chi connectivity index (χ4n) is 1.86. The van der Waals surface area contributed by atoms with Crippen molar-refractivity contribution in [3.63, 3.8) is 0 Å². The molecule has 0 bridgehead atoms. The van der Waals surface area contributed by atoms with Crippen molar-refractivity contribution in [3.05, 3.63) is 47.0 Å². The van der Waals surface area contributed by atoms with Crippen molar-refractivity contribution in [2.75, 3.05) is 12.9 Å². The van der Waals surface area contributed by atoms with E-state index in [-0.39, 0.29) is 0 Å². The largest absolute Gasteiger partial charge is 0.766 e. The maximum absolute atomic E-state index is 12.1. The van der Waals surface area contributed by atoms with Crippen molar-refractivity contribution >= 4 is 46.8 Å². The van der Waals surface area contributed by atoms with E-state index in [0.717, 1.165) is 10.8 Å². The third-order valence-corrected chi connectivity index (χ3v) is 4.05. The molecule has 0 unspecified atom stereocenters. The predicted octanol–water partition coefficient (Wildman–Crippen LogP) is 2.73. The maximum atomic E-state index is 12.1. The number of fused-ring (bicyclic) bond motifs is 1. The van der Waals surface area contributed by atoms with Crippen LogP contribution in [-0.2, 0) is 22.2 Å². The lowest BCUT2D eigenvalue weighted by molar-refractivity contribution is -0.576. The predicted molar refractivity (Wildman–Crippen MR) is 84.9 cm³/mol. The molecule has 0 atom stereocenters. The molecule has 20 heavy (non-hydrogen) atoms. The minimum Gasteiger partial charge on any atom is -0.766 e. The van der Waals surface area contributed by atoms with Gasteiger partial charge in [-0.25, -0.2) is 4.79 Å². The van der Waals surface area contributed by atoms with Gasteiger partial charge < -0.3 is 17.4 Å². The van der Waals surface area contributed by atoms with Crippen LogP contribution in [0.1, 0.15) is 6.92 Å². The zero-order chi connectivity index (χ0) is 14.5. The summed E-state index contributed by atoms with van der Waals surface area (Å²) in [6, 6.07) is 9.92. The number of thioether (sulfide) groups is 1. The maximum Gasteiger partial charge on any atom is 0.403 e. The van der Waals surface area contributed by atoms with Crippen molar-refractivity contribution in [2.45, 2.75) is 6.92 Å². The number of carbonyl (C=O) groups excluding carboxylic acids is 1. The standard InChI is InChI=1S/C15H15NO2S2/c1-3-18-14(17)13(15(19)20-2)16-9-8-11-6-4-5-7-12(11)10-16/h4-10H,3H2,1-2H3. The topological polar surface area (TPSA) is 30.2 Å². The lowest BCUT2D eigenvalue weighted by Crippen LogP contribution is -2.37. The second-order valence-electron chi connectivity index (χ2n) is 4.04. The van der Waals surface area contributed by atoms with Crippen LogP contribution in [0.5, 0.6) is 0 Å². The van der Waals surface area contributed by atoms with E-state index in [1.54, 1.807) is 11.5 Å². The summed E-state index contributed by atoms with van der Waals surface area (Å²) in [6.07, 6.45) is 5.57. The van der Waals surface area contributed by atoms with Crippen LogP contribution >= 0.6 is 11.8 Å². The molecule has 0 aliphatic carbocycles. The first-order valence-corrected chi connectivity index (χ1v) is 7.83. The van der Waals surface area contributed by atoms with Gasteiger partial charge in [-0.15, -0.1) is 0 Å². The smallest absolute Gasteiger partial charge is 0.403 e. The Morgan fingerprint density at radius 3 is 2.65 bits per heavy atom. The van der Waals surface area contributed by atoms with Gasteiger partial charge in [0.25, 0.3) is 5.70 Å². The molecule has 0 aliphatic rings. The van der Waals surface area contributed by atoms with E-state index in [2.05, 4.69) is 0 Å². The molecule has 0 N–H and O–H groups in total. The highest BCUT2D eigenvalue weighted by Crippen LogP contribution is 2.18. The van der Waals surface area contributed by atoms with Gasteiger partial charge in [-0.1, -0.05) is 22.4 Å². The molecular formula is C15H15NO2S2. The Morgan fingerprint density at radius 2 is 2.00 bits per heavy atom. The van der Waals surface area contributed by atoms with E-state index >= 15 is 0 Å². The molecule has 0 radical (unpaired) electrons. The quantitative estimate of drug-likeness (QED) is 0.376. The van der Waals surface area contributed by atoms with Gasteiger partial charge in [-0.2, -0.15) is 16.3 Å². The average Bonchev–Trinajstić information content (AvgIpc) is 2.47. The van der Waals surface area contributed by atoms with E-state index < -0.39 is 5.97 Å². The summed E-state index contributed by atoms with van der Waals surface area (Å²) in [5.41, 5.74) is 0.389. The van der Waals surface area contributed by atoms with Crippen LogP contribution in [0.4, 0.5) is 0 Å². The molecule has 0 spiro atoms. The Morgan fingerprint density at radius 1 is 1.30 bits per heavy atom. The van der Waals surface area contributed by atoms with Gasteiger partial charge in [-0.3, -0.25) is 0 Å². The molecule has 1 heterocycles. The third-order valence-electron chi connectivity index (χ3n) is 2.79. The zero-order valence-electron chi connectivity index (χ0n) is 11.3. The van der Waals surface area contributed by atoms with Gasteiger partial charge in [0.1, 0.15) is 0 Å². The SMILES string of the molecule is CCOC(=O)/C(=C(/[S-])SC)[n+]1ccc2ccccc2c1. The number of pyridine rings is 1. The van der Waals surface area contributed by atoms with Crippen molar-refractivity contribution < 1.29 is 14.1 Å².